The molecule has 6 rings (SSSR count). The summed E-state index contributed by atoms with van der Waals surface area (Å²) >= 11 is 6.42. The number of imidazole rings is 1. The molecule has 0 saturated carbocycles. The van der Waals surface area contributed by atoms with Crippen LogP contribution in [0.3, 0.4) is 0 Å². The molecule has 30 heavy (non-hydrogen) atoms. The van der Waals surface area contributed by atoms with Crippen LogP contribution in [0.4, 0.5) is 0 Å². The molecular weight excluding hydrogens is 398 g/mol. The first kappa shape index (κ1) is 17.5. The van der Waals surface area contributed by atoms with Crippen LogP contribution in [0.1, 0.15) is 22.5 Å². The van der Waals surface area contributed by atoms with Crippen molar-refractivity contribution in [3.05, 3.63) is 88.6 Å². The van der Waals surface area contributed by atoms with E-state index in [1.54, 1.807) is 0 Å². The van der Waals surface area contributed by atoms with E-state index in [9.17, 15) is 0 Å². The molecule has 0 atom stereocenters. The summed E-state index contributed by atoms with van der Waals surface area (Å²) in [5.74, 6) is 0.624. The van der Waals surface area contributed by atoms with E-state index in [0.717, 1.165) is 33.9 Å². The second kappa shape index (κ2) is 6.85. The van der Waals surface area contributed by atoms with E-state index in [2.05, 4.69) is 31.4 Å². The molecule has 2 aromatic carbocycles. The van der Waals surface area contributed by atoms with Crippen molar-refractivity contribution in [3.8, 4) is 16.9 Å². The molecule has 0 N–H and O–H groups in total. The van der Waals surface area contributed by atoms with Crippen LogP contribution in [0.25, 0.3) is 16.9 Å². The molecule has 4 aromatic rings. The smallest absolute Gasteiger partial charge is 0.237 e. The summed E-state index contributed by atoms with van der Waals surface area (Å²) in [6, 6.07) is 16.3. The minimum Gasteiger partial charge on any atom is -0.474 e. The topological polar surface area (TPSA) is 57.2 Å². The van der Waals surface area contributed by atoms with Gasteiger partial charge in [0.25, 0.3) is 0 Å². The lowest BCUT2D eigenvalue weighted by Crippen LogP contribution is -2.08. The number of benzene rings is 2. The standard InChI is InChI=1S/C23H18ClN5O/c24-17-6-7-19-18(11-17)22-16(12-27-29(22)13-15-4-2-1-3-5-15)10-20-21(26-14-28(19)20)23-25-8-9-30-23/h1-7,11-12,14H,8-10,13H2. The number of fused-ring (bicyclic) bond motifs is 5. The van der Waals surface area contributed by atoms with E-state index in [1.807, 2.05) is 48.9 Å². The van der Waals surface area contributed by atoms with Crippen LogP contribution >= 0.6 is 11.6 Å². The zero-order chi connectivity index (χ0) is 20.1. The van der Waals surface area contributed by atoms with E-state index in [0.29, 0.717) is 37.0 Å². The maximum atomic E-state index is 6.42. The summed E-state index contributed by atoms with van der Waals surface area (Å²) in [5, 5.41) is 5.42. The number of hydrogen-bond acceptors (Lipinski definition) is 4. The largest absolute Gasteiger partial charge is 0.474 e. The Morgan fingerprint density at radius 2 is 2.00 bits per heavy atom. The Hall–Kier alpha value is -3.38. The quantitative estimate of drug-likeness (QED) is 0.445. The van der Waals surface area contributed by atoms with Crippen molar-refractivity contribution in [2.45, 2.75) is 13.0 Å². The van der Waals surface area contributed by atoms with Crippen molar-refractivity contribution in [2.24, 2.45) is 4.99 Å². The molecule has 0 spiro atoms. The molecule has 2 aliphatic rings. The molecule has 0 unspecified atom stereocenters. The van der Waals surface area contributed by atoms with E-state index in [4.69, 9.17) is 21.4 Å². The first-order chi connectivity index (χ1) is 14.8. The Morgan fingerprint density at radius 1 is 1.10 bits per heavy atom. The van der Waals surface area contributed by atoms with Gasteiger partial charge in [-0.05, 0) is 23.8 Å². The fourth-order valence-corrected chi connectivity index (χ4v) is 4.41. The maximum Gasteiger partial charge on any atom is 0.237 e. The summed E-state index contributed by atoms with van der Waals surface area (Å²) in [5.41, 5.74) is 7.35. The van der Waals surface area contributed by atoms with Gasteiger partial charge in [0, 0.05) is 22.6 Å². The highest BCUT2D eigenvalue weighted by Crippen LogP contribution is 2.38. The van der Waals surface area contributed by atoms with Gasteiger partial charge in [-0.3, -0.25) is 4.68 Å². The Kier molecular flexibility index (Phi) is 3.99. The third kappa shape index (κ3) is 2.75. The number of nitrogens with zero attached hydrogens (tertiary/aromatic N) is 5. The van der Waals surface area contributed by atoms with Crippen LogP contribution in [-0.2, 0) is 17.7 Å². The van der Waals surface area contributed by atoms with Crippen LogP contribution in [0.15, 0.2) is 66.0 Å². The summed E-state index contributed by atoms with van der Waals surface area (Å²) in [7, 11) is 0. The van der Waals surface area contributed by atoms with E-state index in [1.165, 1.54) is 5.56 Å². The van der Waals surface area contributed by atoms with Gasteiger partial charge in [-0.15, -0.1) is 0 Å². The first-order valence-corrected chi connectivity index (χ1v) is 10.3. The zero-order valence-corrected chi connectivity index (χ0v) is 16.9. The number of hydrogen-bond donors (Lipinski definition) is 0. The van der Waals surface area contributed by atoms with Crippen LogP contribution in [-0.4, -0.2) is 38.4 Å². The van der Waals surface area contributed by atoms with Crippen LogP contribution in [0.2, 0.25) is 5.02 Å². The van der Waals surface area contributed by atoms with Crippen molar-refractivity contribution < 1.29 is 4.74 Å². The van der Waals surface area contributed by atoms with Crippen molar-refractivity contribution in [1.82, 2.24) is 19.3 Å². The van der Waals surface area contributed by atoms with E-state index >= 15 is 0 Å². The second-order valence-electron chi connectivity index (χ2n) is 7.45. The summed E-state index contributed by atoms with van der Waals surface area (Å²) in [4.78, 5) is 9.12. The normalized spacial score (nSPS) is 14.4. The molecular formula is C23H18ClN5O. The third-order valence-corrected chi connectivity index (χ3v) is 5.81. The summed E-state index contributed by atoms with van der Waals surface area (Å²) in [6.07, 6.45) is 4.49. The highest BCUT2D eigenvalue weighted by Gasteiger charge is 2.28. The predicted molar refractivity (Wildman–Crippen MR) is 116 cm³/mol. The monoisotopic (exact) mass is 415 g/mol. The van der Waals surface area contributed by atoms with Gasteiger partial charge in [0.05, 0.1) is 36.4 Å². The zero-order valence-electron chi connectivity index (χ0n) is 16.1. The van der Waals surface area contributed by atoms with Gasteiger partial charge in [-0.2, -0.15) is 5.10 Å². The first-order valence-electron chi connectivity index (χ1n) is 9.90. The minimum absolute atomic E-state index is 0.605. The molecule has 2 aliphatic heterocycles. The highest BCUT2D eigenvalue weighted by molar-refractivity contribution is 6.31. The Morgan fingerprint density at radius 3 is 2.83 bits per heavy atom. The van der Waals surface area contributed by atoms with Crippen LogP contribution in [0.5, 0.6) is 0 Å². The summed E-state index contributed by atoms with van der Waals surface area (Å²) < 4.78 is 9.90. The number of aromatic nitrogens is 4. The van der Waals surface area contributed by atoms with Gasteiger partial charge in [-0.25, -0.2) is 9.98 Å². The molecule has 148 valence electrons. The lowest BCUT2D eigenvalue weighted by molar-refractivity contribution is 0.347. The van der Waals surface area contributed by atoms with Gasteiger partial charge in [-0.1, -0.05) is 41.9 Å². The second-order valence-corrected chi connectivity index (χ2v) is 7.88. The predicted octanol–water partition coefficient (Wildman–Crippen LogP) is 4.12. The molecule has 4 heterocycles. The van der Waals surface area contributed by atoms with Crippen molar-refractivity contribution in [1.29, 1.82) is 0 Å². The van der Waals surface area contributed by atoms with Gasteiger partial charge >= 0.3 is 0 Å². The molecule has 6 nitrogen and oxygen atoms in total. The number of rotatable bonds is 3. The average molecular weight is 416 g/mol. The number of aliphatic imine (C=N–C) groups is 1. The Labute approximate surface area is 178 Å². The van der Waals surface area contributed by atoms with Crippen LogP contribution in [0, 0.1) is 0 Å². The maximum absolute atomic E-state index is 6.42. The molecule has 7 heteroatoms. The van der Waals surface area contributed by atoms with Gasteiger partial charge < -0.3 is 9.30 Å². The minimum atomic E-state index is 0.605. The van der Waals surface area contributed by atoms with Crippen molar-refractivity contribution in [2.75, 3.05) is 13.2 Å². The van der Waals surface area contributed by atoms with E-state index < -0.39 is 0 Å². The van der Waals surface area contributed by atoms with E-state index in [-0.39, 0.29) is 0 Å². The molecule has 0 amide bonds. The molecule has 0 fully saturated rings. The molecule has 0 aliphatic carbocycles. The fourth-order valence-electron chi connectivity index (χ4n) is 4.24. The number of ether oxygens (including phenoxy) is 1. The molecule has 0 radical (unpaired) electrons. The van der Waals surface area contributed by atoms with Gasteiger partial charge in [0.2, 0.25) is 5.90 Å². The van der Waals surface area contributed by atoms with Gasteiger partial charge in [0.1, 0.15) is 18.6 Å². The molecule has 0 saturated heterocycles. The number of halogens is 1. The Balaban J connectivity index is 1.55. The van der Waals surface area contributed by atoms with Gasteiger partial charge in [0.15, 0.2) is 0 Å². The van der Waals surface area contributed by atoms with Crippen molar-refractivity contribution in [3.63, 3.8) is 0 Å². The molecule has 0 bridgehead atoms. The fraction of sp³-hybridized carbons (Fsp3) is 0.174. The lowest BCUT2D eigenvalue weighted by Gasteiger charge is -2.13. The van der Waals surface area contributed by atoms with Crippen molar-refractivity contribution >= 4 is 17.5 Å². The lowest BCUT2D eigenvalue weighted by atomic mass is 10.0. The van der Waals surface area contributed by atoms with Crippen LogP contribution < -0.4 is 0 Å². The molecule has 2 aromatic heterocycles. The summed E-state index contributed by atoms with van der Waals surface area (Å²) in [6.45, 7) is 1.97. The third-order valence-electron chi connectivity index (χ3n) is 5.58. The highest BCUT2D eigenvalue weighted by atomic mass is 35.5. The SMILES string of the molecule is Clc1ccc2c(c1)-c1c(cnn1Cc1ccccc1)Cc1c(C3=NCCO3)ncn1-2. The average Bonchev–Trinajstić information content (AvgIpc) is 3.48. The Bertz CT molecular complexity index is 1290.